The van der Waals surface area contributed by atoms with Gasteiger partial charge in [0.1, 0.15) is 0 Å². The maximum absolute atomic E-state index is 5.10. The Morgan fingerprint density at radius 3 is 1.67 bits per heavy atom. The van der Waals surface area contributed by atoms with Gasteiger partial charge in [-0.15, -0.1) is 0 Å². The van der Waals surface area contributed by atoms with E-state index in [-0.39, 0.29) is 0 Å². The fraction of sp³-hybridized carbons (Fsp3) is 0. The predicted octanol–water partition coefficient (Wildman–Crippen LogP) is 16.1. The lowest BCUT2D eigenvalue weighted by Gasteiger charge is -2.26. The first-order valence-electron chi connectivity index (χ1n) is 21.8. The molecule has 4 heteroatoms. The third-order valence-electron chi connectivity index (χ3n) is 13.0. The Morgan fingerprint density at radius 1 is 0.359 bits per heavy atom. The lowest BCUT2D eigenvalue weighted by atomic mass is 10.00. The zero-order chi connectivity index (χ0) is 42.1. The van der Waals surface area contributed by atoms with Crippen LogP contribution in [0.1, 0.15) is 0 Å². The molecule has 0 saturated heterocycles. The molecule has 0 spiro atoms. The fourth-order valence-electron chi connectivity index (χ4n) is 9.86. The van der Waals surface area contributed by atoms with Crippen LogP contribution in [-0.2, 0) is 0 Å². The van der Waals surface area contributed by atoms with Crippen molar-refractivity contribution in [2.24, 2.45) is 0 Å². The zero-order valence-corrected chi connectivity index (χ0v) is 34.7. The Bertz CT molecular complexity index is 3870. The molecule has 0 fully saturated rings. The third-order valence-corrected chi connectivity index (χ3v) is 13.0. The van der Waals surface area contributed by atoms with Crippen LogP contribution in [0.5, 0.6) is 0 Å². The molecule has 64 heavy (non-hydrogen) atoms. The molecule has 13 rings (SSSR count). The van der Waals surface area contributed by atoms with Crippen LogP contribution in [-0.4, -0.2) is 14.4 Å². The van der Waals surface area contributed by atoms with Crippen molar-refractivity contribution in [1.29, 1.82) is 0 Å². The van der Waals surface area contributed by atoms with E-state index in [1.165, 1.54) is 71.1 Å². The monoisotopic (exact) mass is 814 g/mol. The highest BCUT2D eigenvalue weighted by Crippen LogP contribution is 2.42. The topological polar surface area (TPSA) is 33.4 Å². The van der Waals surface area contributed by atoms with Gasteiger partial charge in [-0.3, -0.25) is 4.98 Å². The van der Waals surface area contributed by atoms with Crippen molar-refractivity contribution in [3.63, 3.8) is 0 Å². The van der Waals surface area contributed by atoms with Gasteiger partial charge in [-0.25, -0.2) is 4.98 Å². The van der Waals surface area contributed by atoms with Gasteiger partial charge in [0, 0.05) is 55.9 Å². The van der Waals surface area contributed by atoms with Crippen LogP contribution in [0.25, 0.3) is 105 Å². The minimum Gasteiger partial charge on any atom is -0.311 e. The maximum Gasteiger partial charge on any atom is 0.0965 e. The van der Waals surface area contributed by atoms with Gasteiger partial charge in [0.25, 0.3) is 0 Å². The van der Waals surface area contributed by atoms with Crippen LogP contribution in [0.3, 0.4) is 0 Å². The molecule has 0 saturated carbocycles. The summed E-state index contributed by atoms with van der Waals surface area (Å²) in [6.07, 6.45) is 1.84. The van der Waals surface area contributed by atoms with E-state index in [9.17, 15) is 0 Å². The van der Waals surface area contributed by atoms with Crippen LogP contribution in [0.15, 0.2) is 231 Å². The summed E-state index contributed by atoms with van der Waals surface area (Å²) in [6, 6.07) is 80.9. The molecule has 0 aliphatic heterocycles. The smallest absolute Gasteiger partial charge is 0.0965 e. The number of hydrogen-bond donors (Lipinski definition) is 0. The Balaban J connectivity index is 0.899. The zero-order valence-electron chi connectivity index (χ0n) is 34.7. The summed E-state index contributed by atoms with van der Waals surface area (Å²) in [4.78, 5) is 12.2. The standard InChI is InChI=1S/C60H38N4/c1-2-11-42(12-3-1)54-38-56(62-55-17-9-35-61-59(54)55)43-25-32-49(33-26-43)63(47-28-21-40(22-29-47)45-20-19-39-10-4-5-13-44(39)36-45)48-30-23-41(24-31-48)46-27-34-51-53-16-8-15-52-50-14-6-7-18-57(50)64(60(52)53)58(51)37-46/h1-38H. The van der Waals surface area contributed by atoms with E-state index in [1.54, 1.807) is 0 Å². The van der Waals surface area contributed by atoms with Crippen molar-refractivity contribution in [3.05, 3.63) is 231 Å². The van der Waals surface area contributed by atoms with Gasteiger partial charge in [0.05, 0.1) is 33.3 Å². The first-order chi connectivity index (χ1) is 31.7. The number of aromatic nitrogens is 3. The summed E-state index contributed by atoms with van der Waals surface area (Å²) < 4.78 is 2.45. The lowest BCUT2D eigenvalue weighted by Crippen LogP contribution is -2.09. The molecule has 0 atom stereocenters. The van der Waals surface area contributed by atoms with Crippen LogP contribution >= 0.6 is 0 Å². The molecule has 0 bridgehead atoms. The maximum atomic E-state index is 5.10. The number of nitrogens with zero attached hydrogens (tertiary/aromatic N) is 4. The highest BCUT2D eigenvalue weighted by atomic mass is 15.1. The summed E-state index contributed by atoms with van der Waals surface area (Å²) in [7, 11) is 0. The van der Waals surface area contributed by atoms with E-state index in [2.05, 4.69) is 216 Å². The van der Waals surface area contributed by atoms with Crippen molar-refractivity contribution in [3.8, 4) is 44.6 Å². The van der Waals surface area contributed by atoms with Crippen LogP contribution in [0, 0.1) is 0 Å². The molecule has 13 aromatic rings. The second-order valence-electron chi connectivity index (χ2n) is 16.6. The first kappa shape index (κ1) is 36.1. The molecule has 0 amide bonds. The molecule has 298 valence electrons. The van der Waals surface area contributed by atoms with E-state index in [4.69, 9.17) is 9.97 Å². The molecule has 0 aliphatic carbocycles. The second-order valence-corrected chi connectivity index (χ2v) is 16.6. The Morgan fingerprint density at radius 2 is 0.938 bits per heavy atom. The fourth-order valence-corrected chi connectivity index (χ4v) is 9.86. The molecular formula is C60H38N4. The Hall–Kier alpha value is -8.60. The SMILES string of the molecule is c1ccc(-c2cc(-c3ccc(N(c4ccc(-c5ccc6ccccc6c5)cc4)c4ccc(-c5ccc6c7cccc8c9ccccc9n(c6c5)c87)cc4)cc3)nc3cccnc23)cc1. The van der Waals surface area contributed by atoms with E-state index in [0.29, 0.717) is 0 Å². The van der Waals surface area contributed by atoms with Gasteiger partial charge >= 0.3 is 0 Å². The molecular weight excluding hydrogens is 777 g/mol. The summed E-state index contributed by atoms with van der Waals surface area (Å²) >= 11 is 0. The van der Waals surface area contributed by atoms with Gasteiger partial charge in [0.2, 0.25) is 0 Å². The molecule has 9 aromatic carbocycles. The quantitative estimate of drug-likeness (QED) is 0.161. The van der Waals surface area contributed by atoms with Crippen molar-refractivity contribution >= 4 is 77.0 Å². The molecule has 4 heterocycles. The summed E-state index contributed by atoms with van der Waals surface area (Å²) in [5.74, 6) is 0. The van der Waals surface area contributed by atoms with E-state index in [0.717, 1.165) is 50.5 Å². The number of fused-ring (bicyclic) bond motifs is 8. The number of anilines is 3. The predicted molar refractivity (Wildman–Crippen MR) is 268 cm³/mol. The largest absolute Gasteiger partial charge is 0.311 e. The average Bonchev–Trinajstić information content (AvgIpc) is 3.89. The molecule has 0 unspecified atom stereocenters. The number of pyridine rings is 2. The van der Waals surface area contributed by atoms with Gasteiger partial charge in [-0.05, 0) is 111 Å². The normalized spacial score (nSPS) is 11.8. The Kier molecular flexibility index (Phi) is 8.18. The van der Waals surface area contributed by atoms with Crippen molar-refractivity contribution in [2.45, 2.75) is 0 Å². The van der Waals surface area contributed by atoms with Crippen molar-refractivity contribution in [1.82, 2.24) is 14.4 Å². The van der Waals surface area contributed by atoms with Gasteiger partial charge in [-0.1, -0.05) is 152 Å². The van der Waals surface area contributed by atoms with Crippen LogP contribution in [0.2, 0.25) is 0 Å². The van der Waals surface area contributed by atoms with Crippen molar-refractivity contribution < 1.29 is 0 Å². The van der Waals surface area contributed by atoms with E-state index in [1.807, 2.05) is 24.4 Å². The number of rotatable bonds is 7. The van der Waals surface area contributed by atoms with E-state index < -0.39 is 0 Å². The first-order valence-corrected chi connectivity index (χ1v) is 21.8. The molecule has 0 N–H and O–H groups in total. The molecule has 4 aromatic heterocycles. The highest BCUT2D eigenvalue weighted by molar-refractivity contribution is 6.23. The van der Waals surface area contributed by atoms with Crippen LogP contribution < -0.4 is 4.90 Å². The second kappa shape index (κ2) is 14.5. The summed E-state index contributed by atoms with van der Waals surface area (Å²) in [5.41, 5.74) is 17.6. The van der Waals surface area contributed by atoms with E-state index >= 15 is 0 Å². The average molecular weight is 815 g/mol. The number of para-hydroxylation sites is 2. The van der Waals surface area contributed by atoms with Gasteiger partial charge in [-0.2, -0.15) is 0 Å². The Labute approximate surface area is 369 Å². The van der Waals surface area contributed by atoms with Gasteiger partial charge < -0.3 is 9.30 Å². The van der Waals surface area contributed by atoms with Gasteiger partial charge in [0.15, 0.2) is 0 Å². The minimum absolute atomic E-state index is 0.874. The molecule has 0 radical (unpaired) electrons. The third kappa shape index (κ3) is 5.84. The lowest BCUT2D eigenvalue weighted by molar-refractivity contribution is 1.28. The van der Waals surface area contributed by atoms with Crippen LogP contribution in [0.4, 0.5) is 17.1 Å². The number of benzene rings is 9. The number of hydrogen-bond acceptors (Lipinski definition) is 3. The molecule has 4 nitrogen and oxygen atoms in total. The highest BCUT2D eigenvalue weighted by Gasteiger charge is 2.19. The minimum atomic E-state index is 0.874. The molecule has 0 aliphatic rings. The summed E-state index contributed by atoms with van der Waals surface area (Å²) in [6.45, 7) is 0. The van der Waals surface area contributed by atoms with Crippen molar-refractivity contribution in [2.75, 3.05) is 4.90 Å². The summed E-state index contributed by atoms with van der Waals surface area (Å²) in [5, 5.41) is 7.65.